The third-order valence-electron chi connectivity index (χ3n) is 4.94. The minimum atomic E-state index is -0.237. The molecule has 1 atom stereocenters. The molecule has 3 heterocycles. The van der Waals surface area contributed by atoms with Crippen molar-refractivity contribution in [3.05, 3.63) is 52.5 Å². The smallest absolute Gasteiger partial charge is 0.272 e. The first-order chi connectivity index (χ1) is 15.0. The highest BCUT2D eigenvalue weighted by molar-refractivity contribution is 7.16. The van der Waals surface area contributed by atoms with Gasteiger partial charge in [0.25, 0.3) is 5.91 Å². The second kappa shape index (κ2) is 9.09. The predicted octanol–water partition coefficient (Wildman–Crippen LogP) is 4.18. The molecule has 0 bridgehead atoms. The van der Waals surface area contributed by atoms with Crippen molar-refractivity contribution in [2.24, 2.45) is 0 Å². The second-order valence-corrected chi connectivity index (χ2v) is 8.29. The normalized spacial score (nSPS) is 12.3. The lowest BCUT2D eigenvalue weighted by atomic mass is 10.0. The number of anilines is 1. The predicted molar refractivity (Wildman–Crippen MR) is 123 cm³/mol. The number of carbonyl (C=O) groups excluding carboxylic acids is 1. The number of rotatable bonds is 7. The van der Waals surface area contributed by atoms with Gasteiger partial charge in [-0.2, -0.15) is 0 Å². The fourth-order valence-electron chi connectivity index (χ4n) is 3.25. The molecule has 0 spiro atoms. The van der Waals surface area contributed by atoms with E-state index in [-0.39, 0.29) is 11.9 Å². The van der Waals surface area contributed by atoms with Crippen LogP contribution in [0.3, 0.4) is 0 Å². The van der Waals surface area contributed by atoms with Crippen LogP contribution in [0.4, 0.5) is 5.82 Å². The van der Waals surface area contributed by atoms with Crippen LogP contribution in [0, 0.1) is 0 Å². The average molecular weight is 457 g/mol. The Morgan fingerprint density at radius 3 is 2.97 bits per heavy atom. The second-order valence-electron chi connectivity index (χ2n) is 7.05. The number of hydrogen-bond acceptors (Lipinski definition) is 8. The Morgan fingerprint density at radius 2 is 2.16 bits per heavy atom. The number of methoxy groups -OCH3 is 1. The van der Waals surface area contributed by atoms with Gasteiger partial charge in [0.05, 0.1) is 28.9 Å². The number of nitrogens with zero attached hydrogens (tertiary/aromatic N) is 5. The van der Waals surface area contributed by atoms with E-state index >= 15 is 0 Å². The van der Waals surface area contributed by atoms with Gasteiger partial charge in [-0.3, -0.25) is 4.79 Å². The van der Waals surface area contributed by atoms with Gasteiger partial charge in [-0.05, 0) is 24.4 Å². The molecule has 8 nitrogen and oxygen atoms in total. The van der Waals surface area contributed by atoms with Crippen LogP contribution in [-0.2, 0) is 4.74 Å². The van der Waals surface area contributed by atoms with E-state index in [2.05, 4.69) is 20.3 Å². The number of amides is 1. The third kappa shape index (κ3) is 4.30. The van der Waals surface area contributed by atoms with Crippen molar-refractivity contribution in [2.75, 3.05) is 32.6 Å². The van der Waals surface area contributed by atoms with Crippen LogP contribution >= 0.6 is 22.9 Å². The number of halogens is 1. The van der Waals surface area contributed by atoms with Gasteiger partial charge in [-0.1, -0.05) is 23.7 Å². The lowest BCUT2D eigenvalue weighted by molar-refractivity contribution is 0.0740. The Morgan fingerprint density at radius 1 is 1.32 bits per heavy atom. The Balaban J connectivity index is 1.74. The monoisotopic (exact) mass is 456 g/mol. The third-order valence-corrected chi connectivity index (χ3v) is 5.99. The van der Waals surface area contributed by atoms with Gasteiger partial charge < -0.3 is 15.0 Å². The average Bonchev–Trinajstić information content (AvgIpc) is 3.26. The number of aromatic nitrogens is 4. The molecule has 4 rings (SSSR count). The minimum Gasteiger partial charge on any atom is -0.383 e. The molecular weight excluding hydrogens is 436 g/mol. The molecule has 31 heavy (non-hydrogen) atoms. The quantitative estimate of drug-likeness (QED) is 0.445. The highest BCUT2D eigenvalue weighted by Gasteiger charge is 2.22. The number of carbonyl (C=O) groups is 1. The summed E-state index contributed by atoms with van der Waals surface area (Å²) in [5.41, 5.74) is 3.45. The molecule has 0 aliphatic rings. The molecule has 0 aliphatic carbocycles. The van der Waals surface area contributed by atoms with Gasteiger partial charge >= 0.3 is 0 Å². The zero-order chi connectivity index (χ0) is 22.0. The molecule has 0 aliphatic heterocycles. The fourth-order valence-corrected chi connectivity index (χ4v) is 4.15. The minimum absolute atomic E-state index is 0.215. The van der Waals surface area contributed by atoms with E-state index in [0.717, 1.165) is 10.2 Å². The van der Waals surface area contributed by atoms with E-state index < -0.39 is 0 Å². The standard InChI is InChI=1S/C21H21ClN6O2S/c1-12(26-19-18-20(24-10-23-19)31-11-25-18)15-9-13-5-4-6-14(22)16(13)17(27-15)21(29)28(2)7-8-30-3/h4-6,9-12H,7-8H2,1-3H3,(H,23,24,26)/t12-/m0/s1. The topological polar surface area (TPSA) is 93.1 Å². The van der Waals surface area contributed by atoms with E-state index in [1.807, 2.05) is 25.1 Å². The van der Waals surface area contributed by atoms with E-state index in [0.29, 0.717) is 46.3 Å². The van der Waals surface area contributed by atoms with Crippen molar-refractivity contribution in [3.63, 3.8) is 0 Å². The summed E-state index contributed by atoms with van der Waals surface area (Å²) in [5, 5.41) is 5.32. The van der Waals surface area contributed by atoms with Crippen LogP contribution < -0.4 is 5.32 Å². The van der Waals surface area contributed by atoms with E-state index in [1.54, 1.807) is 30.6 Å². The van der Waals surface area contributed by atoms with Gasteiger partial charge in [0.1, 0.15) is 22.4 Å². The number of benzene rings is 1. The maximum atomic E-state index is 13.2. The van der Waals surface area contributed by atoms with E-state index in [4.69, 9.17) is 21.3 Å². The van der Waals surface area contributed by atoms with Crippen LogP contribution in [0.2, 0.25) is 5.02 Å². The van der Waals surface area contributed by atoms with Gasteiger partial charge in [0.2, 0.25) is 0 Å². The zero-order valence-electron chi connectivity index (χ0n) is 17.3. The summed E-state index contributed by atoms with van der Waals surface area (Å²) in [6, 6.07) is 7.25. The summed E-state index contributed by atoms with van der Waals surface area (Å²) >= 11 is 7.91. The molecule has 0 unspecified atom stereocenters. The van der Waals surface area contributed by atoms with Crippen molar-refractivity contribution in [1.29, 1.82) is 0 Å². The zero-order valence-corrected chi connectivity index (χ0v) is 18.9. The number of ether oxygens (including phenoxy) is 1. The molecule has 0 saturated carbocycles. The van der Waals surface area contributed by atoms with Crippen LogP contribution in [0.25, 0.3) is 21.1 Å². The molecule has 1 aromatic carbocycles. The molecule has 1 amide bonds. The lowest BCUT2D eigenvalue weighted by Crippen LogP contribution is -2.31. The van der Waals surface area contributed by atoms with Gasteiger partial charge in [-0.25, -0.2) is 19.9 Å². The Bertz CT molecular complexity index is 1250. The van der Waals surface area contributed by atoms with E-state index in [9.17, 15) is 4.79 Å². The maximum absolute atomic E-state index is 13.2. The van der Waals surface area contributed by atoms with Crippen LogP contribution in [-0.4, -0.2) is 58.1 Å². The van der Waals surface area contributed by atoms with Crippen molar-refractivity contribution < 1.29 is 9.53 Å². The SMILES string of the molecule is COCCN(C)C(=O)c1nc([C@H](C)Nc2ncnc3scnc23)cc2cccc(Cl)c12. The first-order valence-corrected chi connectivity index (χ1v) is 10.9. The number of fused-ring (bicyclic) bond motifs is 2. The maximum Gasteiger partial charge on any atom is 0.272 e. The number of likely N-dealkylation sites (N-methyl/N-ethyl adjacent to an activating group) is 1. The van der Waals surface area contributed by atoms with Gasteiger partial charge in [-0.15, -0.1) is 11.3 Å². The molecule has 4 aromatic rings. The fraction of sp³-hybridized carbons (Fsp3) is 0.286. The number of pyridine rings is 1. The summed E-state index contributed by atoms with van der Waals surface area (Å²) < 4.78 is 5.10. The molecule has 3 aromatic heterocycles. The summed E-state index contributed by atoms with van der Waals surface area (Å²) in [6.45, 7) is 2.84. The number of nitrogens with one attached hydrogen (secondary N) is 1. The Kier molecular flexibility index (Phi) is 6.26. The van der Waals surface area contributed by atoms with Crippen LogP contribution in [0.1, 0.15) is 29.1 Å². The summed E-state index contributed by atoms with van der Waals surface area (Å²) in [5.74, 6) is 0.407. The first kappa shape index (κ1) is 21.4. The largest absolute Gasteiger partial charge is 0.383 e. The summed E-state index contributed by atoms with van der Waals surface area (Å²) in [6.07, 6.45) is 1.50. The van der Waals surface area contributed by atoms with Crippen molar-refractivity contribution in [3.8, 4) is 0 Å². The van der Waals surface area contributed by atoms with Crippen molar-refractivity contribution in [2.45, 2.75) is 13.0 Å². The highest BCUT2D eigenvalue weighted by Crippen LogP contribution is 2.30. The molecular formula is C21H21ClN6O2S. The first-order valence-electron chi connectivity index (χ1n) is 9.64. The Hall–Kier alpha value is -2.88. The molecule has 160 valence electrons. The van der Waals surface area contributed by atoms with Crippen molar-refractivity contribution in [1.82, 2.24) is 24.8 Å². The molecule has 1 N–H and O–H groups in total. The van der Waals surface area contributed by atoms with Crippen LogP contribution in [0.15, 0.2) is 36.1 Å². The Labute approximate surface area is 188 Å². The van der Waals surface area contributed by atoms with Gasteiger partial charge in [0.15, 0.2) is 5.82 Å². The molecule has 0 saturated heterocycles. The van der Waals surface area contributed by atoms with Crippen LogP contribution in [0.5, 0.6) is 0 Å². The number of thiazole rings is 1. The molecule has 10 heteroatoms. The van der Waals surface area contributed by atoms with E-state index in [1.165, 1.54) is 17.7 Å². The molecule has 0 fully saturated rings. The summed E-state index contributed by atoms with van der Waals surface area (Å²) in [7, 11) is 3.32. The summed E-state index contributed by atoms with van der Waals surface area (Å²) in [4.78, 5) is 33.2. The van der Waals surface area contributed by atoms with Gasteiger partial charge in [0, 0.05) is 26.1 Å². The van der Waals surface area contributed by atoms with Crippen molar-refractivity contribution >= 4 is 55.8 Å². The number of hydrogen-bond donors (Lipinski definition) is 1. The lowest BCUT2D eigenvalue weighted by Gasteiger charge is -2.20. The highest BCUT2D eigenvalue weighted by atomic mass is 35.5. The molecule has 0 radical (unpaired) electrons.